The molecule has 3 aromatic rings. The molecule has 0 aliphatic carbocycles. The Bertz CT molecular complexity index is 978. The quantitative estimate of drug-likeness (QED) is 0.361. The molecule has 0 N–H and O–H groups in total. The molecule has 0 aliphatic heterocycles. The average Bonchev–Trinajstić information content (AvgIpc) is 2.77. The maximum absolute atomic E-state index is 11.1. The fraction of sp³-hybridized carbons (Fsp3) is 0.320. The van der Waals surface area contributed by atoms with Crippen LogP contribution in [0.25, 0.3) is 22.5 Å². The van der Waals surface area contributed by atoms with Crippen LogP contribution in [0.1, 0.15) is 27.7 Å². The number of carbonyl (C=O) groups excluding carboxylic acids is 1. The second-order valence-electron chi connectivity index (χ2n) is 7.49. The summed E-state index contributed by atoms with van der Waals surface area (Å²) in [6.45, 7) is 8.28. The smallest absolute Gasteiger partial charge is 0.304 e. The molecule has 0 saturated heterocycles. The highest BCUT2D eigenvalue weighted by Crippen LogP contribution is 2.30. The Balaban J connectivity index is 1.90. The molecule has 1 heterocycles. The van der Waals surface area contributed by atoms with Crippen LogP contribution >= 0.6 is 0 Å². The van der Waals surface area contributed by atoms with Crippen LogP contribution in [0.4, 0.5) is 5.82 Å². The summed E-state index contributed by atoms with van der Waals surface area (Å²) < 4.78 is 10.7. The van der Waals surface area contributed by atoms with Gasteiger partial charge in [0.25, 0.3) is 0 Å². The van der Waals surface area contributed by atoms with Gasteiger partial charge in [0.2, 0.25) is 0 Å². The number of hydrogen-bond donors (Lipinski definition) is 0. The van der Waals surface area contributed by atoms with Crippen LogP contribution in [-0.4, -0.2) is 41.4 Å². The normalized spacial score (nSPS) is 11.9. The minimum atomic E-state index is -0.585. The molecular formula is C25H29N3O3. The molecule has 6 heteroatoms. The second kappa shape index (κ2) is 10.7. The van der Waals surface area contributed by atoms with Crippen LogP contribution in [0.15, 0.2) is 66.9 Å². The molecule has 6 nitrogen and oxygen atoms in total. The summed E-state index contributed by atoms with van der Waals surface area (Å²) in [4.78, 5) is 23.0. The van der Waals surface area contributed by atoms with Gasteiger partial charge < -0.3 is 14.4 Å². The molecule has 0 amide bonds. The van der Waals surface area contributed by atoms with Gasteiger partial charge >= 0.3 is 5.97 Å². The number of ether oxygens (including phenoxy) is 2. The zero-order chi connectivity index (χ0) is 22.2. The van der Waals surface area contributed by atoms with E-state index in [1.807, 2.05) is 66.9 Å². The van der Waals surface area contributed by atoms with E-state index in [1.165, 1.54) is 6.92 Å². The highest BCUT2D eigenvalue weighted by Gasteiger charge is 2.18. The lowest BCUT2D eigenvalue weighted by atomic mass is 10.0. The first-order valence-corrected chi connectivity index (χ1v) is 10.5. The van der Waals surface area contributed by atoms with Gasteiger partial charge in [-0.15, -0.1) is 0 Å². The molecule has 3 rings (SSSR count). The molecule has 1 atom stereocenters. The van der Waals surface area contributed by atoms with E-state index in [0.717, 1.165) is 28.3 Å². The summed E-state index contributed by atoms with van der Waals surface area (Å²) in [6.07, 6.45) is 1.22. The van der Waals surface area contributed by atoms with Gasteiger partial charge in [0.05, 0.1) is 24.2 Å². The highest BCUT2D eigenvalue weighted by atomic mass is 16.7. The lowest BCUT2D eigenvalue weighted by Gasteiger charge is -2.28. The van der Waals surface area contributed by atoms with E-state index < -0.39 is 6.29 Å². The van der Waals surface area contributed by atoms with Gasteiger partial charge in [-0.2, -0.15) is 0 Å². The van der Waals surface area contributed by atoms with Crippen molar-refractivity contribution in [1.29, 1.82) is 0 Å². The Morgan fingerprint density at radius 2 is 1.52 bits per heavy atom. The van der Waals surface area contributed by atoms with E-state index in [2.05, 4.69) is 18.7 Å². The SMILES string of the molecule is CC(=O)O[C@@H](C)OCCN(c1cnc(-c2ccccc2)c(-c2ccccc2)n1)C(C)C. The van der Waals surface area contributed by atoms with Crippen molar-refractivity contribution in [3.05, 3.63) is 66.9 Å². The van der Waals surface area contributed by atoms with E-state index >= 15 is 0 Å². The van der Waals surface area contributed by atoms with Gasteiger partial charge in [-0.3, -0.25) is 9.78 Å². The first-order valence-electron chi connectivity index (χ1n) is 10.5. The third kappa shape index (κ3) is 6.12. The van der Waals surface area contributed by atoms with Crippen molar-refractivity contribution in [2.45, 2.75) is 40.0 Å². The van der Waals surface area contributed by atoms with E-state index in [4.69, 9.17) is 19.4 Å². The molecule has 0 saturated carbocycles. The summed E-state index contributed by atoms with van der Waals surface area (Å²) in [5, 5.41) is 0. The van der Waals surface area contributed by atoms with Crippen molar-refractivity contribution in [3.8, 4) is 22.5 Å². The minimum Gasteiger partial charge on any atom is -0.436 e. The number of esters is 1. The van der Waals surface area contributed by atoms with Crippen molar-refractivity contribution in [3.63, 3.8) is 0 Å². The summed E-state index contributed by atoms with van der Waals surface area (Å²) in [7, 11) is 0. The number of hydrogen-bond acceptors (Lipinski definition) is 6. The molecule has 0 spiro atoms. The van der Waals surface area contributed by atoms with Crippen LogP contribution < -0.4 is 4.90 Å². The minimum absolute atomic E-state index is 0.188. The van der Waals surface area contributed by atoms with Crippen LogP contribution in [0.5, 0.6) is 0 Å². The van der Waals surface area contributed by atoms with Crippen molar-refractivity contribution >= 4 is 11.8 Å². The average molecular weight is 420 g/mol. The maximum atomic E-state index is 11.1. The largest absolute Gasteiger partial charge is 0.436 e. The molecule has 0 radical (unpaired) electrons. The molecule has 0 fully saturated rings. The van der Waals surface area contributed by atoms with Crippen LogP contribution in [0.3, 0.4) is 0 Å². The van der Waals surface area contributed by atoms with E-state index in [9.17, 15) is 4.79 Å². The van der Waals surface area contributed by atoms with Crippen molar-refractivity contribution in [2.24, 2.45) is 0 Å². The zero-order valence-electron chi connectivity index (χ0n) is 18.5. The van der Waals surface area contributed by atoms with E-state index in [1.54, 1.807) is 6.92 Å². The monoisotopic (exact) mass is 419 g/mol. The molecule has 1 aromatic heterocycles. The Kier molecular flexibility index (Phi) is 7.73. The topological polar surface area (TPSA) is 64.6 Å². The zero-order valence-corrected chi connectivity index (χ0v) is 18.5. The van der Waals surface area contributed by atoms with Crippen molar-refractivity contribution in [2.75, 3.05) is 18.1 Å². The molecule has 0 bridgehead atoms. The summed E-state index contributed by atoms with van der Waals surface area (Å²) in [6, 6.07) is 20.4. The summed E-state index contributed by atoms with van der Waals surface area (Å²) in [5.74, 6) is 0.417. The van der Waals surface area contributed by atoms with Crippen LogP contribution in [0, 0.1) is 0 Å². The first-order chi connectivity index (χ1) is 15.0. The number of rotatable bonds is 9. The summed E-state index contributed by atoms with van der Waals surface area (Å²) >= 11 is 0. The van der Waals surface area contributed by atoms with E-state index in [-0.39, 0.29) is 12.0 Å². The lowest BCUT2D eigenvalue weighted by molar-refractivity contribution is -0.171. The van der Waals surface area contributed by atoms with Crippen molar-refractivity contribution < 1.29 is 14.3 Å². The van der Waals surface area contributed by atoms with Gasteiger partial charge in [0.1, 0.15) is 5.82 Å². The Hall–Kier alpha value is -3.25. The number of benzene rings is 2. The Morgan fingerprint density at radius 3 is 2.06 bits per heavy atom. The predicted molar refractivity (Wildman–Crippen MR) is 123 cm³/mol. The van der Waals surface area contributed by atoms with Gasteiger partial charge in [0, 0.05) is 30.6 Å². The molecule has 162 valence electrons. The van der Waals surface area contributed by atoms with Crippen LogP contribution in [-0.2, 0) is 14.3 Å². The molecular weight excluding hydrogens is 390 g/mol. The molecule has 31 heavy (non-hydrogen) atoms. The first kappa shape index (κ1) is 22.4. The Morgan fingerprint density at radius 1 is 0.935 bits per heavy atom. The predicted octanol–water partition coefficient (Wildman–Crippen LogP) is 4.95. The van der Waals surface area contributed by atoms with Crippen molar-refractivity contribution in [1.82, 2.24) is 9.97 Å². The number of anilines is 1. The van der Waals surface area contributed by atoms with Gasteiger partial charge in [-0.05, 0) is 20.8 Å². The van der Waals surface area contributed by atoms with Gasteiger partial charge in [-0.25, -0.2) is 4.98 Å². The Labute approximate surface area is 183 Å². The second-order valence-corrected chi connectivity index (χ2v) is 7.49. The van der Waals surface area contributed by atoms with Crippen LogP contribution in [0.2, 0.25) is 0 Å². The van der Waals surface area contributed by atoms with Gasteiger partial charge in [-0.1, -0.05) is 60.7 Å². The van der Waals surface area contributed by atoms with Gasteiger partial charge in [0.15, 0.2) is 6.29 Å². The molecule has 2 aromatic carbocycles. The number of aromatic nitrogens is 2. The third-order valence-corrected chi connectivity index (χ3v) is 4.79. The summed E-state index contributed by atoms with van der Waals surface area (Å²) in [5.41, 5.74) is 3.72. The fourth-order valence-electron chi connectivity index (χ4n) is 3.34. The number of nitrogens with zero attached hydrogens (tertiary/aromatic N) is 3. The maximum Gasteiger partial charge on any atom is 0.304 e. The molecule has 0 aliphatic rings. The lowest BCUT2D eigenvalue weighted by Crippen LogP contribution is -2.35. The number of carbonyl (C=O) groups is 1. The standard InChI is InChI=1S/C25H29N3O3/c1-18(2)28(15-16-30-20(4)31-19(3)29)23-17-26-24(21-11-7-5-8-12-21)25(27-23)22-13-9-6-10-14-22/h5-14,17-18,20H,15-16H2,1-4H3/t20-/m0/s1. The third-order valence-electron chi connectivity index (χ3n) is 4.79. The molecule has 0 unspecified atom stereocenters. The highest BCUT2D eigenvalue weighted by molar-refractivity contribution is 5.78. The fourth-order valence-corrected chi connectivity index (χ4v) is 3.34. The van der Waals surface area contributed by atoms with E-state index in [0.29, 0.717) is 13.2 Å².